The molecule has 58 valence electrons. The zero-order valence-electron chi connectivity index (χ0n) is 5.73. The van der Waals surface area contributed by atoms with Crippen LogP contribution in [0.5, 0.6) is 0 Å². The third-order valence-electron chi connectivity index (χ3n) is 1.72. The lowest BCUT2D eigenvalue weighted by Gasteiger charge is -1.92. The summed E-state index contributed by atoms with van der Waals surface area (Å²) in [6, 6.07) is 3.89. The molecule has 2 aromatic rings. The third-order valence-corrected chi connectivity index (χ3v) is 2.30. The minimum atomic E-state index is 0.493. The highest BCUT2D eigenvalue weighted by atomic mass is 35.5. The number of fused-ring (bicyclic) bond motifs is 2. The van der Waals surface area contributed by atoms with Gasteiger partial charge in [-0.25, -0.2) is 0 Å². The number of hydrogen-bond donors (Lipinski definition) is 0. The number of halogens is 2. The van der Waals surface area contributed by atoms with Crippen molar-refractivity contribution in [2.24, 2.45) is 0 Å². The van der Waals surface area contributed by atoms with Crippen molar-refractivity contribution in [2.45, 2.75) is 11.8 Å². The number of alkyl halides is 2. The summed E-state index contributed by atoms with van der Waals surface area (Å²) in [6.45, 7) is 0. The summed E-state index contributed by atoms with van der Waals surface area (Å²) in [7, 11) is 0. The van der Waals surface area contributed by atoms with Gasteiger partial charge in [-0.1, -0.05) is 0 Å². The van der Waals surface area contributed by atoms with Gasteiger partial charge in [0.15, 0.2) is 0 Å². The van der Waals surface area contributed by atoms with Crippen molar-refractivity contribution in [3.63, 3.8) is 0 Å². The molecule has 0 aliphatic heterocycles. The average molecular weight is 189 g/mol. The lowest BCUT2D eigenvalue weighted by Crippen LogP contribution is -1.79. The standard InChI is InChI=1S/C8H6Cl2O/c9-3-5-1-7-2-6(4-10)8(5)11-7/h1-2H,3-4H2. The summed E-state index contributed by atoms with van der Waals surface area (Å²) in [5, 5.41) is 0. The van der Waals surface area contributed by atoms with Gasteiger partial charge in [-0.2, -0.15) is 0 Å². The molecule has 0 saturated heterocycles. The third kappa shape index (κ3) is 0.996. The zero-order chi connectivity index (χ0) is 7.84. The fraction of sp³-hybridized carbons (Fsp3) is 0.250. The normalized spacial score (nSPS) is 11.5. The van der Waals surface area contributed by atoms with Gasteiger partial charge in [-0.05, 0) is 12.1 Å². The fourth-order valence-electron chi connectivity index (χ4n) is 1.23. The highest BCUT2D eigenvalue weighted by Crippen LogP contribution is 2.29. The number of rotatable bonds is 2. The van der Waals surface area contributed by atoms with Crippen LogP contribution in [0.4, 0.5) is 0 Å². The summed E-state index contributed by atoms with van der Waals surface area (Å²) in [5.74, 6) is 0.986. The molecule has 0 saturated carbocycles. The molecular weight excluding hydrogens is 183 g/mol. The van der Waals surface area contributed by atoms with Crippen molar-refractivity contribution in [3.8, 4) is 0 Å². The van der Waals surface area contributed by atoms with Crippen LogP contribution in [-0.2, 0) is 11.8 Å². The molecule has 0 unspecified atom stereocenters. The maximum Gasteiger partial charge on any atom is 0.136 e. The Morgan fingerprint density at radius 2 is 1.64 bits per heavy atom. The van der Waals surface area contributed by atoms with E-state index in [1.54, 1.807) is 0 Å². The Morgan fingerprint density at radius 3 is 2.00 bits per heavy atom. The Balaban J connectivity index is 2.61. The molecule has 11 heavy (non-hydrogen) atoms. The Labute approximate surface area is 74.2 Å². The van der Waals surface area contributed by atoms with Gasteiger partial charge in [0.25, 0.3) is 0 Å². The summed E-state index contributed by atoms with van der Waals surface area (Å²) in [5.41, 5.74) is 3.82. The molecule has 1 nitrogen and oxygen atoms in total. The van der Waals surface area contributed by atoms with Crippen LogP contribution in [0.2, 0.25) is 0 Å². The first-order valence-electron chi connectivity index (χ1n) is 3.30. The van der Waals surface area contributed by atoms with Crippen LogP contribution in [0.25, 0.3) is 11.2 Å². The Kier molecular flexibility index (Phi) is 1.70. The predicted octanol–water partition coefficient (Wildman–Crippen LogP) is 3.35. The van der Waals surface area contributed by atoms with Gasteiger partial charge in [-0.15, -0.1) is 23.2 Å². The van der Waals surface area contributed by atoms with Gasteiger partial charge in [0.2, 0.25) is 0 Å². The molecule has 0 amide bonds. The maximum absolute atomic E-state index is 5.67. The van der Waals surface area contributed by atoms with E-state index in [4.69, 9.17) is 27.6 Å². The van der Waals surface area contributed by atoms with Gasteiger partial charge >= 0.3 is 0 Å². The molecule has 2 heterocycles. The highest BCUT2D eigenvalue weighted by Gasteiger charge is 2.11. The molecular formula is C8H6Cl2O. The largest absolute Gasteiger partial charge is 0.457 e. The Hall–Kier alpha value is -0.400. The predicted molar refractivity (Wildman–Crippen MR) is 46.5 cm³/mol. The molecule has 3 heteroatoms. The summed E-state index contributed by atoms with van der Waals surface area (Å²) < 4.78 is 5.36. The van der Waals surface area contributed by atoms with E-state index in [9.17, 15) is 0 Å². The lowest BCUT2D eigenvalue weighted by atomic mass is 10.2. The van der Waals surface area contributed by atoms with Crippen molar-refractivity contribution < 1.29 is 4.42 Å². The lowest BCUT2D eigenvalue weighted by molar-refractivity contribution is 0.672. The quantitative estimate of drug-likeness (QED) is 0.660. The molecule has 0 fully saturated rings. The SMILES string of the molecule is ClCc1cc2cc(CCl)c1o2. The van der Waals surface area contributed by atoms with E-state index in [0.717, 1.165) is 22.3 Å². The monoisotopic (exact) mass is 188 g/mol. The van der Waals surface area contributed by atoms with Gasteiger partial charge in [0.05, 0.1) is 11.8 Å². The van der Waals surface area contributed by atoms with Gasteiger partial charge in [0, 0.05) is 11.1 Å². The summed E-state index contributed by atoms with van der Waals surface area (Å²) in [4.78, 5) is 0. The first-order chi connectivity index (χ1) is 5.35. The van der Waals surface area contributed by atoms with E-state index in [2.05, 4.69) is 0 Å². The topological polar surface area (TPSA) is 13.1 Å². The smallest absolute Gasteiger partial charge is 0.136 e. The van der Waals surface area contributed by atoms with Crippen LogP contribution in [0.3, 0.4) is 0 Å². The minimum Gasteiger partial charge on any atom is -0.457 e. The fourth-order valence-corrected chi connectivity index (χ4v) is 1.63. The van der Waals surface area contributed by atoms with Crippen molar-refractivity contribution in [2.75, 3.05) is 0 Å². The van der Waals surface area contributed by atoms with Gasteiger partial charge < -0.3 is 4.42 Å². The molecule has 0 aliphatic rings. The van der Waals surface area contributed by atoms with Crippen molar-refractivity contribution in [1.29, 1.82) is 0 Å². The molecule has 0 N–H and O–H groups in total. The van der Waals surface area contributed by atoms with E-state index in [0.29, 0.717) is 11.8 Å². The molecule has 2 aromatic heterocycles. The van der Waals surface area contributed by atoms with Crippen molar-refractivity contribution >= 4 is 34.4 Å². The maximum atomic E-state index is 5.67. The van der Waals surface area contributed by atoms with E-state index >= 15 is 0 Å². The summed E-state index contributed by atoms with van der Waals surface area (Å²) in [6.07, 6.45) is 0. The van der Waals surface area contributed by atoms with Crippen LogP contribution in [0.15, 0.2) is 16.5 Å². The van der Waals surface area contributed by atoms with Crippen molar-refractivity contribution in [1.82, 2.24) is 0 Å². The minimum absolute atomic E-state index is 0.493. The van der Waals surface area contributed by atoms with Gasteiger partial charge in [-0.3, -0.25) is 0 Å². The first kappa shape index (κ1) is 7.26. The molecule has 0 aliphatic carbocycles. The van der Waals surface area contributed by atoms with Crippen LogP contribution >= 0.6 is 23.2 Å². The van der Waals surface area contributed by atoms with Crippen LogP contribution in [-0.4, -0.2) is 0 Å². The second-order valence-corrected chi connectivity index (χ2v) is 2.97. The summed E-state index contributed by atoms with van der Waals surface area (Å²) >= 11 is 11.3. The van der Waals surface area contributed by atoms with Crippen LogP contribution in [0, 0.1) is 0 Å². The van der Waals surface area contributed by atoms with Crippen molar-refractivity contribution in [3.05, 3.63) is 23.3 Å². The van der Waals surface area contributed by atoms with E-state index in [1.165, 1.54) is 0 Å². The zero-order valence-corrected chi connectivity index (χ0v) is 7.24. The number of hydrogen-bond acceptors (Lipinski definition) is 1. The van der Waals surface area contributed by atoms with Gasteiger partial charge in [0.1, 0.15) is 11.2 Å². The van der Waals surface area contributed by atoms with E-state index in [-0.39, 0.29) is 0 Å². The number of furan rings is 2. The molecule has 0 radical (unpaired) electrons. The number of benzene rings is 1. The molecule has 0 aromatic carbocycles. The van der Waals surface area contributed by atoms with Crippen LogP contribution < -0.4 is 0 Å². The molecule has 2 rings (SSSR count). The first-order valence-corrected chi connectivity index (χ1v) is 4.37. The Morgan fingerprint density at radius 1 is 1.09 bits per heavy atom. The highest BCUT2D eigenvalue weighted by molar-refractivity contribution is 6.19. The van der Waals surface area contributed by atoms with E-state index < -0.39 is 0 Å². The molecule has 0 spiro atoms. The Bertz CT molecular complexity index is 325. The average Bonchev–Trinajstić information content (AvgIpc) is 2.60. The molecule has 2 bridgehead atoms. The molecule has 0 atom stereocenters. The second kappa shape index (κ2) is 2.58. The van der Waals surface area contributed by atoms with E-state index in [1.807, 2.05) is 12.1 Å². The van der Waals surface area contributed by atoms with Crippen LogP contribution in [0.1, 0.15) is 11.1 Å². The second-order valence-electron chi connectivity index (χ2n) is 2.44.